The molecule has 380 valence electrons. The Labute approximate surface area is 429 Å². The molecular formula is C58H59N7O9. The highest BCUT2D eigenvalue weighted by atomic mass is 16.6. The monoisotopic (exact) mass is 997 g/mol. The highest BCUT2D eigenvalue weighted by Crippen LogP contribution is 2.67. The van der Waals surface area contributed by atoms with Gasteiger partial charge in [-0.3, -0.25) is 19.3 Å². The lowest BCUT2D eigenvalue weighted by Crippen LogP contribution is -2.58. The molecule has 7 atom stereocenters. The fraction of sp³-hybridized carbons (Fsp3) is 0.362. The number of rotatable bonds is 11. The second-order valence-electron chi connectivity index (χ2n) is 19.6. The number of morpholine rings is 1. The minimum absolute atomic E-state index is 0.114. The number of imide groups is 1. The Bertz CT molecular complexity index is 3130. The first-order valence-electron chi connectivity index (χ1n) is 25.4. The van der Waals surface area contributed by atoms with E-state index < -0.39 is 77.3 Å². The van der Waals surface area contributed by atoms with Crippen LogP contribution in [0.2, 0.25) is 0 Å². The van der Waals surface area contributed by atoms with Gasteiger partial charge in [0.15, 0.2) is 0 Å². The molecule has 3 fully saturated rings. The van der Waals surface area contributed by atoms with Gasteiger partial charge < -0.3 is 29.5 Å². The van der Waals surface area contributed by atoms with Gasteiger partial charge in [-0.15, -0.1) is 5.10 Å². The Hall–Kier alpha value is -7.87. The maximum Gasteiger partial charge on any atom is 0.329 e. The summed E-state index contributed by atoms with van der Waals surface area (Å²) in [5.41, 5.74) is 2.12. The van der Waals surface area contributed by atoms with Crippen molar-refractivity contribution in [2.45, 2.75) is 88.2 Å². The SMILES string of the molecule is COC(=O)[C@@H](NC(=O)N1C(=O)[C@@]2(c3cc(C#CCn4nnc5ccccc54)ccc31)[C@H](c1ccccc1OCCO)N1[C@H](c3ccccc3)[C@H](c3ccccc3)OC(=O)[C@H]1[C@@H]2C(=O)N1CCCCCCC1)C(C)C. The van der Waals surface area contributed by atoms with Crippen molar-refractivity contribution in [3.63, 3.8) is 0 Å². The normalized spacial score (nSPS) is 23.0. The Morgan fingerprint density at radius 3 is 2.23 bits per heavy atom. The number of ether oxygens (including phenoxy) is 3. The van der Waals surface area contributed by atoms with E-state index in [4.69, 9.17) is 14.2 Å². The minimum atomic E-state index is -2.11. The van der Waals surface area contributed by atoms with E-state index in [0.717, 1.165) is 35.2 Å². The van der Waals surface area contributed by atoms with E-state index in [9.17, 15) is 9.90 Å². The molecule has 74 heavy (non-hydrogen) atoms. The Morgan fingerprint density at radius 1 is 0.838 bits per heavy atom. The maximum absolute atomic E-state index is 17.0. The number of amides is 4. The van der Waals surface area contributed by atoms with E-state index in [1.165, 1.54) is 7.11 Å². The maximum atomic E-state index is 17.0. The van der Waals surface area contributed by atoms with Crippen LogP contribution < -0.4 is 15.0 Å². The predicted molar refractivity (Wildman–Crippen MR) is 274 cm³/mol. The number of fused-ring (bicyclic) bond motifs is 4. The van der Waals surface area contributed by atoms with Crippen LogP contribution in [0, 0.1) is 23.7 Å². The molecule has 4 aliphatic heterocycles. The number of esters is 2. The summed E-state index contributed by atoms with van der Waals surface area (Å²) in [6.07, 6.45) is 3.26. The average molecular weight is 998 g/mol. The van der Waals surface area contributed by atoms with Crippen LogP contribution in [0.1, 0.15) is 92.0 Å². The number of nitrogens with one attached hydrogen (secondary N) is 1. The number of nitrogens with zero attached hydrogens (tertiary/aromatic N) is 6. The number of aliphatic hydroxyl groups is 1. The van der Waals surface area contributed by atoms with Crippen LogP contribution in [0.25, 0.3) is 11.0 Å². The molecule has 1 aromatic heterocycles. The van der Waals surface area contributed by atoms with E-state index in [-0.39, 0.29) is 31.0 Å². The second-order valence-corrected chi connectivity index (χ2v) is 19.6. The summed E-state index contributed by atoms with van der Waals surface area (Å²) < 4.78 is 19.9. The third kappa shape index (κ3) is 8.83. The first kappa shape index (κ1) is 49.7. The number of methoxy groups -OCH3 is 1. The van der Waals surface area contributed by atoms with Gasteiger partial charge in [-0.05, 0) is 71.8 Å². The smallest absolute Gasteiger partial charge is 0.329 e. The molecule has 10 rings (SSSR count). The summed E-state index contributed by atoms with van der Waals surface area (Å²) in [6, 6.07) is 33.1. The molecule has 5 heterocycles. The topological polar surface area (TPSA) is 186 Å². The number of cyclic esters (lactones) is 1. The van der Waals surface area contributed by atoms with Gasteiger partial charge in [0.25, 0.3) is 0 Å². The fourth-order valence-electron chi connectivity index (χ4n) is 11.7. The number of carbonyl (C=O) groups is 5. The number of benzene rings is 5. The van der Waals surface area contributed by atoms with Crippen molar-refractivity contribution in [2.24, 2.45) is 11.8 Å². The van der Waals surface area contributed by atoms with E-state index in [1.807, 2.05) is 95.9 Å². The molecule has 5 aromatic carbocycles. The summed E-state index contributed by atoms with van der Waals surface area (Å²) in [4.78, 5) is 82.5. The van der Waals surface area contributed by atoms with Gasteiger partial charge in [0.1, 0.15) is 48.0 Å². The number of aliphatic hydroxyl groups excluding tert-OH is 1. The molecule has 0 aliphatic carbocycles. The third-order valence-corrected chi connectivity index (χ3v) is 14.9. The highest BCUT2D eigenvalue weighted by Gasteiger charge is 2.76. The number of likely N-dealkylation sites (tertiary alicyclic amines) is 1. The van der Waals surface area contributed by atoms with Crippen molar-refractivity contribution in [1.82, 2.24) is 30.1 Å². The molecule has 1 spiro atoms. The summed E-state index contributed by atoms with van der Waals surface area (Å²) >= 11 is 0. The summed E-state index contributed by atoms with van der Waals surface area (Å²) in [5, 5.41) is 21.6. The van der Waals surface area contributed by atoms with E-state index in [2.05, 4.69) is 27.5 Å². The highest BCUT2D eigenvalue weighted by molar-refractivity contribution is 6.25. The van der Waals surface area contributed by atoms with Gasteiger partial charge in [0, 0.05) is 24.2 Å². The molecule has 0 bridgehead atoms. The molecule has 0 radical (unpaired) electrons. The number of carbonyl (C=O) groups excluding carboxylic acids is 5. The zero-order chi connectivity index (χ0) is 51.5. The molecule has 4 amide bonds. The number of hydrogen-bond donors (Lipinski definition) is 2. The minimum Gasteiger partial charge on any atom is -0.491 e. The average Bonchev–Trinajstić information content (AvgIpc) is 4.13. The first-order chi connectivity index (χ1) is 36.1. The van der Waals surface area contributed by atoms with E-state index >= 15 is 19.2 Å². The van der Waals surface area contributed by atoms with Gasteiger partial charge >= 0.3 is 18.0 Å². The van der Waals surface area contributed by atoms with Crippen LogP contribution in [0.5, 0.6) is 5.75 Å². The fourth-order valence-corrected chi connectivity index (χ4v) is 11.7. The molecule has 0 saturated carbocycles. The zero-order valence-electron chi connectivity index (χ0n) is 41.6. The predicted octanol–water partition coefficient (Wildman–Crippen LogP) is 7.22. The van der Waals surface area contributed by atoms with Crippen LogP contribution in [0.15, 0.2) is 127 Å². The van der Waals surface area contributed by atoms with Crippen LogP contribution in [-0.2, 0) is 40.6 Å². The molecule has 0 unspecified atom stereocenters. The van der Waals surface area contributed by atoms with Crippen LogP contribution in [0.4, 0.5) is 10.5 Å². The largest absolute Gasteiger partial charge is 0.491 e. The summed E-state index contributed by atoms with van der Waals surface area (Å²) in [7, 11) is 1.23. The molecule has 16 heteroatoms. The van der Waals surface area contributed by atoms with Gasteiger partial charge in [0.05, 0.1) is 42.9 Å². The third-order valence-electron chi connectivity index (χ3n) is 14.9. The van der Waals surface area contributed by atoms with Crippen molar-refractivity contribution in [1.29, 1.82) is 0 Å². The number of anilines is 1. The van der Waals surface area contributed by atoms with Crippen molar-refractivity contribution in [3.05, 3.63) is 155 Å². The Kier molecular flexibility index (Phi) is 14.3. The van der Waals surface area contributed by atoms with Crippen molar-refractivity contribution >= 4 is 46.5 Å². The zero-order valence-corrected chi connectivity index (χ0v) is 41.6. The molecular weight excluding hydrogens is 939 g/mol. The van der Waals surface area contributed by atoms with Gasteiger partial charge in [-0.25, -0.2) is 19.2 Å². The van der Waals surface area contributed by atoms with Crippen LogP contribution >= 0.6 is 0 Å². The molecule has 4 aliphatic rings. The molecule has 6 aromatic rings. The number of aromatic nitrogens is 3. The van der Waals surface area contributed by atoms with E-state index in [1.54, 1.807) is 59.8 Å². The lowest BCUT2D eigenvalue weighted by molar-refractivity contribution is -0.179. The van der Waals surface area contributed by atoms with Crippen LogP contribution in [-0.4, -0.2) is 105 Å². The van der Waals surface area contributed by atoms with E-state index in [0.29, 0.717) is 53.9 Å². The van der Waals surface area contributed by atoms with Crippen molar-refractivity contribution in [2.75, 3.05) is 38.3 Å². The molecule has 2 N–H and O–H groups in total. The van der Waals surface area contributed by atoms with Crippen molar-refractivity contribution < 1.29 is 43.3 Å². The van der Waals surface area contributed by atoms with Gasteiger partial charge in [-0.2, -0.15) is 0 Å². The summed E-state index contributed by atoms with van der Waals surface area (Å²) in [5.74, 6) is 2.17. The summed E-state index contributed by atoms with van der Waals surface area (Å²) in [6.45, 7) is 3.98. The number of urea groups is 1. The molecule has 16 nitrogen and oxygen atoms in total. The number of para-hydroxylation sites is 2. The van der Waals surface area contributed by atoms with Crippen LogP contribution in [0.3, 0.4) is 0 Å². The van der Waals surface area contributed by atoms with Crippen molar-refractivity contribution in [3.8, 4) is 17.6 Å². The second kappa shape index (κ2) is 21.3. The molecule has 3 saturated heterocycles. The van der Waals surface area contributed by atoms with Gasteiger partial charge in [-0.1, -0.05) is 141 Å². The Morgan fingerprint density at radius 2 is 1.51 bits per heavy atom. The number of hydrogen-bond acceptors (Lipinski definition) is 12. The quantitative estimate of drug-likeness (QED) is 0.0983. The first-order valence-corrected chi connectivity index (χ1v) is 25.4. The lowest BCUT2D eigenvalue weighted by atomic mass is 9.64. The Balaban J connectivity index is 1.27. The van der Waals surface area contributed by atoms with Gasteiger partial charge in [0.2, 0.25) is 11.8 Å². The standard InChI is InChI=1S/C58H59N7O9/c1-37(2)48(54(68)72-3)59-57(71)64-44-30-29-38(20-19-33-63-45-27-15-14-26-43(45)60-61-63)36-42(44)58(56(64)70)47(53(67)62-31-17-5-4-6-18-32-62)50-55(69)74-51(40-23-11-8-12-24-40)49(39-21-9-7-10-22-39)65(50)52(58)41-25-13-16-28-46(41)73-35-34-66/h7-16,21-30,36-37,47-52,66H,4-6,17-18,31-35H2,1-3H3,(H,59,71)/t47-,48+,49-,50-,51+,52+,58-/m1/s1. The lowest BCUT2D eigenvalue weighted by Gasteiger charge is -2.46.